The van der Waals surface area contributed by atoms with Crippen molar-refractivity contribution in [3.8, 4) is 44.8 Å². The van der Waals surface area contributed by atoms with Crippen LogP contribution in [0.5, 0.6) is 0 Å². The largest absolute Gasteiger partial charge is 0.456 e. The molecule has 3 heteroatoms. The van der Waals surface area contributed by atoms with E-state index in [0.717, 1.165) is 33.3 Å². The molecule has 0 saturated heterocycles. The van der Waals surface area contributed by atoms with E-state index in [1.54, 1.807) is 0 Å². The predicted molar refractivity (Wildman–Crippen MR) is 239 cm³/mol. The van der Waals surface area contributed by atoms with Crippen LogP contribution in [0.3, 0.4) is 0 Å². The normalized spacial score (nSPS) is 11.9. The van der Waals surface area contributed by atoms with Crippen LogP contribution in [-0.2, 0) is 0 Å². The average Bonchev–Trinajstić information content (AvgIpc) is 3.93. The van der Waals surface area contributed by atoms with Gasteiger partial charge in [-0.1, -0.05) is 127 Å². The molecular weight excluding hydrogens is 693 g/mol. The lowest BCUT2D eigenvalue weighted by atomic mass is 9.99. The Balaban J connectivity index is 0.974. The summed E-state index contributed by atoms with van der Waals surface area (Å²) < 4.78 is 11.1. The minimum atomic E-state index is 0.896. The van der Waals surface area contributed by atoms with Crippen LogP contribution >= 0.6 is 0 Å². The molecule has 0 saturated carbocycles. The molecule has 0 fully saturated rings. The van der Waals surface area contributed by atoms with E-state index in [4.69, 9.17) is 4.42 Å². The fourth-order valence-electron chi connectivity index (χ4n) is 9.05. The third-order valence-corrected chi connectivity index (χ3v) is 11.7. The van der Waals surface area contributed by atoms with Crippen molar-refractivity contribution in [2.75, 3.05) is 0 Å². The summed E-state index contributed by atoms with van der Waals surface area (Å²) in [4.78, 5) is 0. The topological polar surface area (TPSA) is 23.0 Å². The van der Waals surface area contributed by atoms with Crippen molar-refractivity contribution >= 4 is 65.6 Å². The van der Waals surface area contributed by atoms with E-state index in [2.05, 4.69) is 203 Å². The molecule has 0 aliphatic rings. The van der Waals surface area contributed by atoms with Crippen molar-refractivity contribution in [1.29, 1.82) is 0 Å². The van der Waals surface area contributed by atoms with Gasteiger partial charge in [-0.15, -0.1) is 0 Å². The van der Waals surface area contributed by atoms with Crippen molar-refractivity contribution in [2.45, 2.75) is 0 Å². The zero-order chi connectivity index (χ0) is 37.5. The number of para-hydroxylation sites is 3. The molecule has 12 rings (SSSR count). The molecule has 0 atom stereocenters. The number of aromatic nitrogens is 2. The number of nitrogens with zero attached hydrogens (tertiary/aromatic N) is 2. The van der Waals surface area contributed by atoms with Gasteiger partial charge in [0.25, 0.3) is 0 Å². The van der Waals surface area contributed by atoms with Gasteiger partial charge >= 0.3 is 0 Å². The first-order valence-corrected chi connectivity index (χ1v) is 19.5. The summed E-state index contributed by atoms with van der Waals surface area (Å²) in [6, 6.07) is 74.5. The molecule has 0 spiro atoms. The van der Waals surface area contributed by atoms with Gasteiger partial charge in [-0.05, 0) is 106 Å². The lowest BCUT2D eigenvalue weighted by molar-refractivity contribution is 0.668. The van der Waals surface area contributed by atoms with E-state index < -0.39 is 0 Å². The summed E-state index contributed by atoms with van der Waals surface area (Å²) in [6.07, 6.45) is 0. The van der Waals surface area contributed by atoms with Gasteiger partial charge in [0.15, 0.2) is 0 Å². The fourth-order valence-corrected chi connectivity index (χ4v) is 9.05. The van der Waals surface area contributed by atoms with E-state index in [1.165, 1.54) is 77.0 Å². The summed E-state index contributed by atoms with van der Waals surface area (Å²) in [5.41, 5.74) is 16.0. The van der Waals surface area contributed by atoms with Crippen LogP contribution in [0, 0.1) is 0 Å². The van der Waals surface area contributed by atoms with Gasteiger partial charge in [-0.3, -0.25) is 0 Å². The van der Waals surface area contributed by atoms with E-state index in [1.807, 2.05) is 12.1 Å². The smallest absolute Gasteiger partial charge is 0.137 e. The summed E-state index contributed by atoms with van der Waals surface area (Å²) in [5, 5.41) is 7.21. The number of benzene rings is 9. The number of fused-ring (bicyclic) bond motifs is 9. The van der Waals surface area contributed by atoms with Crippen molar-refractivity contribution in [3.05, 3.63) is 206 Å². The highest BCUT2D eigenvalue weighted by molar-refractivity contribution is 6.13. The van der Waals surface area contributed by atoms with Crippen LogP contribution in [0.15, 0.2) is 211 Å². The molecule has 0 aliphatic carbocycles. The van der Waals surface area contributed by atoms with Crippen molar-refractivity contribution in [1.82, 2.24) is 9.13 Å². The third-order valence-electron chi connectivity index (χ3n) is 11.7. The zero-order valence-corrected chi connectivity index (χ0v) is 30.9. The second-order valence-electron chi connectivity index (χ2n) is 14.9. The summed E-state index contributed by atoms with van der Waals surface area (Å²) in [6.45, 7) is 0. The highest BCUT2D eigenvalue weighted by Gasteiger charge is 2.17. The fraction of sp³-hybridized carbons (Fsp3) is 0. The second-order valence-corrected chi connectivity index (χ2v) is 14.9. The van der Waals surface area contributed by atoms with Crippen molar-refractivity contribution in [2.24, 2.45) is 0 Å². The number of hydrogen-bond donors (Lipinski definition) is 0. The Morgan fingerprint density at radius 2 is 0.719 bits per heavy atom. The van der Waals surface area contributed by atoms with E-state index >= 15 is 0 Å². The van der Waals surface area contributed by atoms with Gasteiger partial charge < -0.3 is 13.6 Å². The SMILES string of the molecule is c1ccc(-c2cccc(-c3cccc(-n4c5ccccc5c5cc(-c6ccc7c(c6)c6ccccc6n7-c6ccc7c(c6)oc6ccccc67)ccc54)c3)c2)cc1. The first kappa shape index (κ1) is 31.7. The van der Waals surface area contributed by atoms with Crippen LogP contribution in [-0.4, -0.2) is 9.13 Å². The minimum absolute atomic E-state index is 0.896. The molecule has 0 radical (unpaired) electrons. The van der Waals surface area contributed by atoms with Crippen LogP contribution in [0.2, 0.25) is 0 Å². The lowest BCUT2D eigenvalue weighted by Gasteiger charge is -2.12. The van der Waals surface area contributed by atoms with Crippen molar-refractivity contribution in [3.63, 3.8) is 0 Å². The molecule has 57 heavy (non-hydrogen) atoms. The maximum Gasteiger partial charge on any atom is 0.137 e. The molecule has 266 valence electrons. The van der Waals surface area contributed by atoms with Gasteiger partial charge in [0.05, 0.1) is 22.1 Å². The maximum atomic E-state index is 6.32. The molecule has 0 bridgehead atoms. The van der Waals surface area contributed by atoms with Gasteiger partial charge in [-0.2, -0.15) is 0 Å². The highest BCUT2D eigenvalue weighted by atomic mass is 16.3. The average molecular weight is 727 g/mol. The minimum Gasteiger partial charge on any atom is -0.456 e. The number of hydrogen-bond acceptors (Lipinski definition) is 1. The molecule has 3 nitrogen and oxygen atoms in total. The molecule has 12 aromatic rings. The first-order valence-electron chi connectivity index (χ1n) is 19.5. The summed E-state index contributed by atoms with van der Waals surface area (Å²) >= 11 is 0. The van der Waals surface area contributed by atoms with Crippen LogP contribution in [0.1, 0.15) is 0 Å². The Morgan fingerprint density at radius 3 is 1.40 bits per heavy atom. The van der Waals surface area contributed by atoms with Crippen molar-refractivity contribution < 1.29 is 4.42 Å². The summed E-state index contributed by atoms with van der Waals surface area (Å²) in [7, 11) is 0. The molecule has 0 unspecified atom stereocenters. The molecule has 0 N–H and O–H groups in total. The predicted octanol–water partition coefficient (Wildman–Crippen LogP) is 14.8. The monoisotopic (exact) mass is 726 g/mol. The second kappa shape index (κ2) is 12.5. The van der Waals surface area contributed by atoms with Gasteiger partial charge in [0.1, 0.15) is 11.2 Å². The first-order chi connectivity index (χ1) is 28.2. The zero-order valence-electron chi connectivity index (χ0n) is 30.9. The van der Waals surface area contributed by atoms with Crippen LogP contribution < -0.4 is 0 Å². The van der Waals surface area contributed by atoms with E-state index in [9.17, 15) is 0 Å². The Kier molecular flexibility index (Phi) is 6.93. The highest BCUT2D eigenvalue weighted by Crippen LogP contribution is 2.40. The van der Waals surface area contributed by atoms with Gasteiger partial charge in [0, 0.05) is 49.8 Å². The Labute approximate surface area is 328 Å². The van der Waals surface area contributed by atoms with Crippen LogP contribution in [0.4, 0.5) is 0 Å². The third kappa shape index (κ3) is 4.99. The van der Waals surface area contributed by atoms with E-state index in [-0.39, 0.29) is 0 Å². The standard InChI is InChI=1S/C54H34N2O/c1-2-12-35(13-3-1)36-14-10-15-37(30-36)38-16-11-17-41(31-38)55-49-21-7-4-18-43(49)47-32-39(24-28-51(47)55)40-25-29-52-48(33-40)44-19-5-8-22-50(44)56(52)42-26-27-46-45-20-6-9-23-53(45)57-54(46)34-42/h1-34H. The Bertz CT molecular complexity index is 3530. The Hall–Kier alpha value is -7.62. The molecule has 9 aromatic carbocycles. The molecule has 0 aliphatic heterocycles. The number of furan rings is 1. The van der Waals surface area contributed by atoms with Gasteiger partial charge in [-0.25, -0.2) is 0 Å². The lowest BCUT2D eigenvalue weighted by Crippen LogP contribution is -1.94. The van der Waals surface area contributed by atoms with Crippen LogP contribution in [0.25, 0.3) is 110 Å². The summed E-state index contributed by atoms with van der Waals surface area (Å²) in [5.74, 6) is 0. The quantitative estimate of drug-likeness (QED) is 0.173. The molecular formula is C54H34N2O. The maximum absolute atomic E-state index is 6.32. The van der Waals surface area contributed by atoms with Gasteiger partial charge in [0.2, 0.25) is 0 Å². The number of rotatable bonds is 5. The Morgan fingerprint density at radius 1 is 0.246 bits per heavy atom. The molecule has 0 amide bonds. The molecule has 3 heterocycles. The van der Waals surface area contributed by atoms with E-state index in [0.29, 0.717) is 0 Å². The molecule has 3 aromatic heterocycles.